The summed E-state index contributed by atoms with van der Waals surface area (Å²) in [5.41, 5.74) is 4.76. The maximum absolute atomic E-state index is 12.4. The van der Waals surface area contributed by atoms with E-state index < -0.39 is 0 Å². The third-order valence-corrected chi connectivity index (χ3v) is 4.45. The molecule has 0 fully saturated rings. The molecule has 0 aliphatic rings. The molecule has 0 unspecified atom stereocenters. The number of amides is 1. The van der Waals surface area contributed by atoms with E-state index in [1.165, 1.54) is 0 Å². The van der Waals surface area contributed by atoms with Gasteiger partial charge in [-0.3, -0.25) is 4.79 Å². The number of benzene rings is 2. The summed E-state index contributed by atoms with van der Waals surface area (Å²) >= 11 is 0. The van der Waals surface area contributed by atoms with Crippen molar-refractivity contribution in [3.8, 4) is 11.4 Å². The van der Waals surface area contributed by atoms with Crippen molar-refractivity contribution < 1.29 is 14.5 Å². The molecule has 27 heavy (non-hydrogen) atoms. The monoisotopic (exact) mass is 362 g/mol. The first kappa shape index (κ1) is 16.8. The van der Waals surface area contributed by atoms with Crippen LogP contribution < -0.4 is 5.32 Å². The minimum Gasteiger partial charge on any atom is -0.426 e. The number of fused-ring (bicyclic) bond motifs is 1. The molecule has 4 aromatic rings. The first-order valence-corrected chi connectivity index (χ1v) is 8.47. The third kappa shape index (κ3) is 2.93. The Morgan fingerprint density at radius 1 is 1.11 bits per heavy atom. The van der Waals surface area contributed by atoms with Gasteiger partial charge in [0.15, 0.2) is 5.82 Å². The summed E-state index contributed by atoms with van der Waals surface area (Å²) in [6.07, 6.45) is 0. The van der Waals surface area contributed by atoms with E-state index in [4.69, 9.17) is 4.52 Å². The van der Waals surface area contributed by atoms with Gasteiger partial charge in [-0.1, -0.05) is 11.2 Å². The summed E-state index contributed by atoms with van der Waals surface area (Å²) in [5.74, 6) is 0.647. The minimum atomic E-state index is -0.274. The van der Waals surface area contributed by atoms with Crippen LogP contribution in [0.5, 0.6) is 0 Å². The van der Waals surface area contributed by atoms with Crippen molar-refractivity contribution in [2.45, 2.75) is 20.8 Å². The molecule has 1 amide bonds. The number of hydrogen-bond acceptors (Lipinski definition) is 5. The predicted octanol–water partition coefficient (Wildman–Crippen LogP) is 4.11. The Balaban J connectivity index is 1.61. The van der Waals surface area contributed by atoms with Gasteiger partial charge in [0.25, 0.3) is 5.91 Å². The van der Waals surface area contributed by atoms with Gasteiger partial charge in [0.1, 0.15) is 16.8 Å². The van der Waals surface area contributed by atoms with Crippen LogP contribution in [0.4, 0.5) is 5.69 Å². The molecule has 0 aliphatic carbocycles. The SMILES string of the molecule is Cc1ccc2nc(-c3ccc(NC(=O)c4c(C)noc4C)cc3)n(O)c2c1. The van der Waals surface area contributed by atoms with Gasteiger partial charge in [0, 0.05) is 11.3 Å². The predicted molar refractivity (Wildman–Crippen MR) is 101 cm³/mol. The zero-order chi connectivity index (χ0) is 19.1. The van der Waals surface area contributed by atoms with Gasteiger partial charge in [-0.15, -0.1) is 0 Å². The first-order valence-electron chi connectivity index (χ1n) is 8.47. The van der Waals surface area contributed by atoms with Crippen molar-refractivity contribution in [1.29, 1.82) is 0 Å². The quantitative estimate of drug-likeness (QED) is 0.535. The number of imidazole rings is 1. The van der Waals surface area contributed by atoms with Crippen LogP contribution in [-0.2, 0) is 0 Å². The molecule has 4 rings (SSSR count). The van der Waals surface area contributed by atoms with E-state index in [0.29, 0.717) is 39.6 Å². The Morgan fingerprint density at radius 2 is 1.85 bits per heavy atom. The molecule has 0 atom stereocenters. The standard InChI is InChI=1S/C20H18N4O3/c1-11-4-9-16-17(10-11)24(26)19(22-16)14-5-7-15(8-6-14)21-20(25)18-12(2)23-27-13(18)3/h4-10,26H,1-3H3,(H,21,25). The number of anilines is 1. The van der Waals surface area contributed by atoms with Crippen LogP contribution in [0.1, 0.15) is 27.4 Å². The number of carbonyl (C=O) groups is 1. The molecule has 2 heterocycles. The number of carbonyl (C=O) groups excluding carboxylic acids is 1. The normalized spacial score (nSPS) is 11.1. The molecular formula is C20H18N4O3. The second-order valence-electron chi connectivity index (χ2n) is 6.47. The molecule has 2 aromatic heterocycles. The number of aryl methyl sites for hydroxylation is 3. The van der Waals surface area contributed by atoms with Crippen molar-refractivity contribution in [3.63, 3.8) is 0 Å². The molecule has 0 aliphatic heterocycles. The summed E-state index contributed by atoms with van der Waals surface area (Å²) in [4.78, 5) is 16.9. The average molecular weight is 362 g/mol. The van der Waals surface area contributed by atoms with Crippen molar-refractivity contribution in [2.24, 2.45) is 0 Å². The van der Waals surface area contributed by atoms with Crippen LogP contribution in [0.3, 0.4) is 0 Å². The van der Waals surface area contributed by atoms with Crippen molar-refractivity contribution in [1.82, 2.24) is 14.9 Å². The largest absolute Gasteiger partial charge is 0.426 e. The van der Waals surface area contributed by atoms with Crippen LogP contribution in [0.2, 0.25) is 0 Å². The van der Waals surface area contributed by atoms with E-state index >= 15 is 0 Å². The zero-order valence-electron chi connectivity index (χ0n) is 15.1. The highest BCUT2D eigenvalue weighted by Crippen LogP contribution is 2.25. The molecule has 136 valence electrons. The lowest BCUT2D eigenvalue weighted by molar-refractivity contribution is 0.102. The lowest BCUT2D eigenvalue weighted by Crippen LogP contribution is -2.13. The van der Waals surface area contributed by atoms with E-state index in [1.807, 2.05) is 25.1 Å². The fourth-order valence-electron chi connectivity index (χ4n) is 3.06. The molecule has 7 heteroatoms. The van der Waals surface area contributed by atoms with Crippen LogP contribution in [0, 0.1) is 20.8 Å². The Labute approximate surface area is 155 Å². The smallest absolute Gasteiger partial charge is 0.261 e. The van der Waals surface area contributed by atoms with E-state index in [0.717, 1.165) is 15.9 Å². The number of nitrogens with zero attached hydrogens (tertiary/aromatic N) is 3. The highest BCUT2D eigenvalue weighted by Gasteiger charge is 2.18. The zero-order valence-corrected chi connectivity index (χ0v) is 15.1. The van der Waals surface area contributed by atoms with Crippen molar-refractivity contribution >= 4 is 22.6 Å². The second-order valence-corrected chi connectivity index (χ2v) is 6.47. The van der Waals surface area contributed by atoms with Crippen LogP contribution in [0.15, 0.2) is 47.0 Å². The summed E-state index contributed by atoms with van der Waals surface area (Å²) < 4.78 is 6.11. The number of nitrogens with one attached hydrogen (secondary N) is 1. The summed E-state index contributed by atoms with van der Waals surface area (Å²) in [6.45, 7) is 5.38. The molecule has 2 aromatic carbocycles. The Morgan fingerprint density at radius 3 is 2.52 bits per heavy atom. The van der Waals surface area contributed by atoms with Gasteiger partial charge in [-0.2, -0.15) is 4.73 Å². The van der Waals surface area contributed by atoms with Crippen molar-refractivity contribution in [3.05, 3.63) is 65.0 Å². The highest BCUT2D eigenvalue weighted by molar-refractivity contribution is 6.05. The number of aromatic nitrogens is 3. The molecule has 0 radical (unpaired) electrons. The third-order valence-electron chi connectivity index (χ3n) is 4.45. The molecule has 2 N–H and O–H groups in total. The minimum absolute atomic E-state index is 0.274. The number of rotatable bonds is 3. The van der Waals surface area contributed by atoms with Crippen LogP contribution in [0.25, 0.3) is 22.4 Å². The Hall–Kier alpha value is -3.61. The van der Waals surface area contributed by atoms with Crippen molar-refractivity contribution in [2.75, 3.05) is 5.32 Å². The molecular weight excluding hydrogens is 344 g/mol. The van der Waals surface area contributed by atoms with E-state index in [1.54, 1.807) is 38.1 Å². The van der Waals surface area contributed by atoms with Gasteiger partial charge in [0.2, 0.25) is 0 Å². The van der Waals surface area contributed by atoms with Crippen LogP contribution in [-0.4, -0.2) is 26.0 Å². The van der Waals surface area contributed by atoms with Crippen LogP contribution >= 0.6 is 0 Å². The molecule has 0 saturated heterocycles. The van der Waals surface area contributed by atoms with Gasteiger partial charge in [-0.25, -0.2) is 4.98 Å². The van der Waals surface area contributed by atoms with Gasteiger partial charge < -0.3 is 15.0 Å². The van der Waals surface area contributed by atoms with Gasteiger partial charge in [-0.05, 0) is 62.7 Å². The molecule has 0 bridgehead atoms. The lowest BCUT2D eigenvalue weighted by atomic mass is 10.1. The lowest BCUT2D eigenvalue weighted by Gasteiger charge is -2.06. The maximum atomic E-state index is 12.4. The molecule has 0 spiro atoms. The first-order chi connectivity index (χ1) is 12.9. The van der Waals surface area contributed by atoms with E-state index in [9.17, 15) is 10.0 Å². The molecule has 0 saturated carbocycles. The van der Waals surface area contributed by atoms with Gasteiger partial charge >= 0.3 is 0 Å². The van der Waals surface area contributed by atoms with E-state index in [-0.39, 0.29) is 5.91 Å². The molecule has 7 nitrogen and oxygen atoms in total. The second kappa shape index (κ2) is 6.28. The number of hydrogen-bond donors (Lipinski definition) is 2. The fraction of sp³-hybridized carbons (Fsp3) is 0.150. The summed E-state index contributed by atoms with van der Waals surface area (Å²) in [6, 6.07) is 12.8. The Kier molecular flexibility index (Phi) is 3.92. The average Bonchev–Trinajstić information content (AvgIpc) is 3.15. The Bertz CT molecular complexity index is 1140. The summed E-state index contributed by atoms with van der Waals surface area (Å²) in [5, 5.41) is 17.1. The van der Waals surface area contributed by atoms with E-state index in [2.05, 4.69) is 15.5 Å². The van der Waals surface area contributed by atoms with Gasteiger partial charge in [0.05, 0.1) is 11.2 Å². The topological polar surface area (TPSA) is 93.2 Å². The highest BCUT2D eigenvalue weighted by atomic mass is 16.5. The summed E-state index contributed by atoms with van der Waals surface area (Å²) in [7, 11) is 0. The fourth-order valence-corrected chi connectivity index (χ4v) is 3.06. The maximum Gasteiger partial charge on any atom is 0.261 e.